The first-order valence-corrected chi connectivity index (χ1v) is 9.51. The molecule has 1 fully saturated rings. The van der Waals surface area contributed by atoms with Crippen LogP contribution in [0.25, 0.3) is 5.70 Å². The molecule has 8 heteroatoms. The highest BCUT2D eigenvalue weighted by Gasteiger charge is 2.53. The van der Waals surface area contributed by atoms with Crippen LogP contribution in [0.15, 0.2) is 30.3 Å². The molecule has 0 aliphatic carbocycles. The number of nitrogens with two attached hydrogens (primary N) is 1. The van der Waals surface area contributed by atoms with Crippen molar-refractivity contribution in [3.05, 3.63) is 40.9 Å². The number of nitrogens with one attached hydrogen (secondary N) is 1. The molecular weight excluding hydrogens is 382 g/mol. The van der Waals surface area contributed by atoms with Crippen molar-refractivity contribution in [2.24, 2.45) is 11.1 Å². The summed E-state index contributed by atoms with van der Waals surface area (Å²) in [6.07, 6.45) is 2.17. The average molecular weight is 408 g/mol. The summed E-state index contributed by atoms with van der Waals surface area (Å²) in [5, 5.41) is 0.605. The summed E-state index contributed by atoms with van der Waals surface area (Å²) < 4.78 is 4.92. The second kappa shape index (κ2) is 7.39. The Hall–Kier alpha value is -2.09. The van der Waals surface area contributed by atoms with Gasteiger partial charge in [-0.2, -0.15) is 0 Å². The molecular formula is C20H26ClN3O4. The number of likely N-dealkylation sites (tertiary alicyclic amines) is 1. The van der Waals surface area contributed by atoms with Gasteiger partial charge in [-0.25, -0.2) is 4.79 Å². The minimum absolute atomic E-state index is 0.201. The smallest absolute Gasteiger partial charge is 0.328 e. The van der Waals surface area contributed by atoms with Crippen molar-refractivity contribution < 1.29 is 19.2 Å². The van der Waals surface area contributed by atoms with Gasteiger partial charge in [-0.1, -0.05) is 44.5 Å². The summed E-state index contributed by atoms with van der Waals surface area (Å²) in [5.74, 6) is -0.785. The van der Waals surface area contributed by atoms with E-state index in [-0.39, 0.29) is 18.9 Å². The van der Waals surface area contributed by atoms with E-state index in [1.54, 1.807) is 6.07 Å². The largest absolute Gasteiger partial charge is 0.467 e. The van der Waals surface area contributed by atoms with E-state index in [0.29, 0.717) is 5.02 Å². The molecule has 1 saturated heterocycles. The van der Waals surface area contributed by atoms with Gasteiger partial charge in [0.15, 0.2) is 0 Å². The number of hydrogen-bond acceptors (Lipinski definition) is 6. The molecule has 0 bridgehead atoms. The summed E-state index contributed by atoms with van der Waals surface area (Å²) in [6.45, 7) is 5.87. The van der Waals surface area contributed by atoms with Crippen LogP contribution in [-0.4, -0.2) is 48.1 Å². The number of halogens is 1. The van der Waals surface area contributed by atoms with Crippen LogP contribution in [0.1, 0.15) is 32.8 Å². The molecule has 2 heterocycles. The molecule has 0 aromatic heterocycles. The molecule has 28 heavy (non-hydrogen) atoms. The highest BCUT2D eigenvalue weighted by atomic mass is 35.5. The van der Waals surface area contributed by atoms with E-state index in [4.69, 9.17) is 26.9 Å². The van der Waals surface area contributed by atoms with Crippen molar-refractivity contribution in [2.75, 3.05) is 13.7 Å². The predicted octanol–water partition coefficient (Wildman–Crippen LogP) is 2.10. The van der Waals surface area contributed by atoms with Crippen molar-refractivity contribution in [3.8, 4) is 0 Å². The maximum Gasteiger partial charge on any atom is 0.328 e. The average Bonchev–Trinajstić information content (AvgIpc) is 3.23. The van der Waals surface area contributed by atoms with E-state index in [1.165, 1.54) is 12.0 Å². The van der Waals surface area contributed by atoms with Gasteiger partial charge in [0.05, 0.1) is 25.4 Å². The zero-order valence-electron chi connectivity index (χ0n) is 16.5. The first-order valence-electron chi connectivity index (χ1n) is 9.13. The highest BCUT2D eigenvalue weighted by Crippen LogP contribution is 2.38. The van der Waals surface area contributed by atoms with Gasteiger partial charge < -0.3 is 15.4 Å². The number of ether oxygens (including phenoxy) is 1. The van der Waals surface area contributed by atoms with Gasteiger partial charge >= 0.3 is 5.97 Å². The molecule has 0 saturated carbocycles. The number of amides is 1. The fourth-order valence-electron chi connectivity index (χ4n) is 3.48. The third-order valence-corrected chi connectivity index (χ3v) is 5.45. The Bertz CT molecular complexity index is 820. The number of nitrogens with zero attached hydrogens (tertiary/aromatic N) is 1. The third-order valence-electron chi connectivity index (χ3n) is 5.22. The maximum absolute atomic E-state index is 13.0. The Balaban J connectivity index is 1.90. The topological polar surface area (TPSA) is 93.9 Å². The predicted molar refractivity (Wildman–Crippen MR) is 106 cm³/mol. The molecule has 7 nitrogen and oxygen atoms in total. The maximum atomic E-state index is 13.0. The monoisotopic (exact) mass is 407 g/mol. The molecule has 0 unspecified atom stereocenters. The quantitative estimate of drug-likeness (QED) is 0.745. The fourth-order valence-corrected chi connectivity index (χ4v) is 3.67. The lowest BCUT2D eigenvalue weighted by molar-refractivity contribution is -0.152. The first-order chi connectivity index (χ1) is 13.1. The molecule has 152 valence electrons. The third kappa shape index (κ3) is 3.87. The van der Waals surface area contributed by atoms with Crippen molar-refractivity contribution >= 4 is 29.2 Å². The summed E-state index contributed by atoms with van der Waals surface area (Å²) >= 11 is 6.08. The van der Waals surface area contributed by atoms with Gasteiger partial charge in [0.2, 0.25) is 5.91 Å². The lowest BCUT2D eigenvalue weighted by Gasteiger charge is -2.32. The van der Waals surface area contributed by atoms with Crippen LogP contribution >= 0.6 is 11.6 Å². The number of hydrogen-bond donors (Lipinski definition) is 2. The Morgan fingerprint density at radius 2 is 2.14 bits per heavy atom. The zero-order valence-corrected chi connectivity index (χ0v) is 17.2. The Morgan fingerprint density at radius 3 is 2.75 bits per heavy atom. The summed E-state index contributed by atoms with van der Waals surface area (Å²) in [6, 6.07) is 5.83. The normalized spacial score (nSPS) is 25.4. The van der Waals surface area contributed by atoms with Crippen molar-refractivity contribution in [1.29, 1.82) is 0 Å². The number of benzene rings is 1. The second-order valence-corrected chi connectivity index (χ2v) is 8.83. The van der Waals surface area contributed by atoms with Crippen LogP contribution in [0.3, 0.4) is 0 Å². The molecule has 3 rings (SSSR count). The summed E-state index contributed by atoms with van der Waals surface area (Å²) in [5.41, 5.74) is 9.39. The van der Waals surface area contributed by atoms with Crippen LogP contribution in [0, 0.1) is 5.41 Å². The number of methoxy groups -OCH3 is 1. The molecule has 2 aliphatic rings. The second-order valence-electron chi connectivity index (χ2n) is 8.39. The Morgan fingerprint density at radius 1 is 1.43 bits per heavy atom. The van der Waals surface area contributed by atoms with Crippen LogP contribution in [0.2, 0.25) is 5.02 Å². The van der Waals surface area contributed by atoms with Crippen LogP contribution < -0.4 is 11.2 Å². The molecule has 1 aromatic rings. The Labute approximate surface area is 169 Å². The Kier molecular flexibility index (Phi) is 5.44. The van der Waals surface area contributed by atoms with Crippen LogP contribution in [0.5, 0.6) is 0 Å². The number of carbonyl (C=O) groups excluding carboxylic acids is 2. The molecule has 2 aliphatic heterocycles. The first kappa shape index (κ1) is 20.6. The molecule has 3 N–H and O–H groups in total. The summed E-state index contributed by atoms with van der Waals surface area (Å²) in [4.78, 5) is 32.7. The van der Waals surface area contributed by atoms with Gasteiger partial charge in [-0.15, -0.1) is 0 Å². The molecule has 1 aromatic carbocycles. The molecule has 3 atom stereocenters. The zero-order chi connectivity index (χ0) is 20.7. The summed E-state index contributed by atoms with van der Waals surface area (Å²) in [7, 11) is 1.31. The van der Waals surface area contributed by atoms with Crippen LogP contribution in [0.4, 0.5) is 0 Å². The van der Waals surface area contributed by atoms with Gasteiger partial charge in [0.1, 0.15) is 11.6 Å². The van der Waals surface area contributed by atoms with Gasteiger partial charge in [0, 0.05) is 17.0 Å². The molecule has 0 radical (unpaired) electrons. The van der Waals surface area contributed by atoms with Crippen molar-refractivity contribution in [3.63, 3.8) is 0 Å². The number of esters is 1. The minimum atomic E-state index is -0.843. The lowest BCUT2D eigenvalue weighted by atomic mass is 9.86. The minimum Gasteiger partial charge on any atom is -0.467 e. The van der Waals surface area contributed by atoms with E-state index in [1.807, 2.05) is 45.0 Å². The van der Waals surface area contributed by atoms with Crippen molar-refractivity contribution in [2.45, 2.75) is 44.9 Å². The van der Waals surface area contributed by atoms with Gasteiger partial charge in [0.25, 0.3) is 0 Å². The number of rotatable bonds is 3. The van der Waals surface area contributed by atoms with E-state index in [2.05, 4.69) is 5.48 Å². The number of hydroxylamine groups is 1. The van der Waals surface area contributed by atoms with E-state index < -0.39 is 29.1 Å². The van der Waals surface area contributed by atoms with E-state index in [0.717, 1.165) is 11.3 Å². The van der Waals surface area contributed by atoms with Gasteiger partial charge in [-0.05, 0) is 23.6 Å². The standard InChI is InChI=1S/C20H26ClN3O4/c1-19(2,3)16(22)17(25)24-11-20(10-15(24)18(26)27-4)9-14(23-28-20)12-6-5-7-13(21)8-12/h5-9,15-16,23H,10-11,22H2,1-4H3/t15-,16+,20+/m0/s1. The SMILES string of the molecule is COC(=O)[C@@H]1C[C@]2(C=C(c3cccc(Cl)c3)NO2)CN1C(=O)[C@@H](N)C(C)(C)C. The van der Waals surface area contributed by atoms with E-state index >= 15 is 0 Å². The van der Waals surface area contributed by atoms with Crippen LogP contribution in [-0.2, 0) is 19.2 Å². The number of carbonyl (C=O) groups is 2. The lowest BCUT2D eigenvalue weighted by Crippen LogP contribution is -2.53. The van der Waals surface area contributed by atoms with Gasteiger partial charge in [-0.3, -0.25) is 15.1 Å². The fraction of sp³-hybridized carbons (Fsp3) is 0.500. The highest BCUT2D eigenvalue weighted by molar-refractivity contribution is 6.30. The van der Waals surface area contributed by atoms with E-state index in [9.17, 15) is 9.59 Å². The molecule has 1 spiro atoms. The van der Waals surface area contributed by atoms with Crippen molar-refractivity contribution in [1.82, 2.24) is 10.4 Å². The molecule has 1 amide bonds.